The molecular formula is C24H20ClN5O3S2. The van der Waals surface area contributed by atoms with Crippen molar-refractivity contribution in [2.24, 2.45) is 0 Å². The third kappa shape index (κ3) is 5.63. The standard InChI is InChI=1S/C24H20ClN5O3S2/c1-3-21-29-20(12-34-21)30-23(31)28-19(13-35(2,32)33)15-6-7-16(18(25)11-15)17-5-4-10-27-22(17)24(14-26)8-9-24/h1,4-7,10-12,19H,8-9,13H2,2H3,(H2,28,30,31). The first kappa shape index (κ1) is 24.7. The zero-order valence-corrected chi connectivity index (χ0v) is 21.0. The number of urea groups is 1. The Labute approximate surface area is 212 Å². The van der Waals surface area contributed by atoms with Crippen LogP contribution in [0.5, 0.6) is 0 Å². The zero-order valence-electron chi connectivity index (χ0n) is 18.6. The molecule has 178 valence electrons. The Bertz CT molecular complexity index is 1480. The predicted octanol–water partition coefficient (Wildman–Crippen LogP) is 4.30. The molecule has 1 atom stereocenters. The van der Waals surface area contributed by atoms with Crippen LogP contribution in [0.15, 0.2) is 41.9 Å². The van der Waals surface area contributed by atoms with Crippen molar-refractivity contribution in [2.45, 2.75) is 24.3 Å². The van der Waals surface area contributed by atoms with Crippen LogP contribution in [0.25, 0.3) is 11.1 Å². The third-order valence-electron chi connectivity index (χ3n) is 5.55. The largest absolute Gasteiger partial charge is 0.330 e. The minimum Gasteiger partial charge on any atom is -0.330 e. The third-order valence-corrected chi connectivity index (χ3v) is 7.58. The predicted molar refractivity (Wildman–Crippen MR) is 136 cm³/mol. The molecule has 0 bridgehead atoms. The molecule has 0 saturated heterocycles. The van der Waals surface area contributed by atoms with Crippen LogP contribution in [0.4, 0.5) is 10.6 Å². The number of thiazole rings is 1. The van der Waals surface area contributed by atoms with Crippen molar-refractivity contribution in [1.29, 1.82) is 5.26 Å². The number of nitrogens with zero attached hydrogens (tertiary/aromatic N) is 3. The number of amides is 2. The summed E-state index contributed by atoms with van der Waals surface area (Å²) in [4.78, 5) is 21.1. The SMILES string of the molecule is C#Cc1nc(NC(=O)NC(CS(C)(=O)=O)c2ccc(-c3cccnc3C3(C#N)CC3)c(Cl)c2)cs1. The van der Waals surface area contributed by atoms with Gasteiger partial charge in [0.25, 0.3) is 0 Å². The lowest BCUT2D eigenvalue weighted by molar-refractivity contribution is 0.249. The number of anilines is 1. The minimum absolute atomic E-state index is 0.266. The number of aromatic nitrogens is 2. The first-order valence-corrected chi connectivity index (χ1v) is 13.8. The van der Waals surface area contributed by atoms with Gasteiger partial charge in [-0.1, -0.05) is 29.8 Å². The van der Waals surface area contributed by atoms with Gasteiger partial charge in [0.05, 0.1) is 23.6 Å². The van der Waals surface area contributed by atoms with Crippen molar-refractivity contribution in [3.05, 3.63) is 63.2 Å². The first-order valence-electron chi connectivity index (χ1n) is 10.5. The van der Waals surface area contributed by atoms with E-state index < -0.39 is 27.3 Å². The van der Waals surface area contributed by atoms with E-state index in [0.717, 1.165) is 24.7 Å². The molecule has 1 fully saturated rings. The molecule has 0 radical (unpaired) electrons. The van der Waals surface area contributed by atoms with Crippen LogP contribution >= 0.6 is 22.9 Å². The maximum atomic E-state index is 12.6. The number of nitrogens with one attached hydrogen (secondary N) is 2. The summed E-state index contributed by atoms with van der Waals surface area (Å²) in [6.45, 7) is 0. The number of carbonyl (C=O) groups is 1. The topological polar surface area (TPSA) is 125 Å². The molecule has 1 aromatic carbocycles. The number of hydrogen-bond donors (Lipinski definition) is 2. The Balaban J connectivity index is 1.62. The summed E-state index contributed by atoms with van der Waals surface area (Å²) in [5.74, 6) is 2.31. The second kappa shape index (κ2) is 9.67. The number of halogens is 1. The summed E-state index contributed by atoms with van der Waals surface area (Å²) in [7, 11) is -3.46. The van der Waals surface area contributed by atoms with Gasteiger partial charge in [-0.2, -0.15) is 5.26 Å². The van der Waals surface area contributed by atoms with Crippen molar-refractivity contribution in [1.82, 2.24) is 15.3 Å². The van der Waals surface area contributed by atoms with Crippen molar-refractivity contribution < 1.29 is 13.2 Å². The van der Waals surface area contributed by atoms with Gasteiger partial charge in [0, 0.05) is 34.0 Å². The van der Waals surface area contributed by atoms with E-state index in [1.807, 2.05) is 6.07 Å². The molecule has 2 amide bonds. The lowest BCUT2D eigenvalue weighted by atomic mass is 9.93. The molecule has 4 rings (SSSR count). The van der Waals surface area contributed by atoms with Gasteiger partial charge < -0.3 is 5.32 Å². The molecule has 2 N–H and O–H groups in total. The summed E-state index contributed by atoms with van der Waals surface area (Å²) < 4.78 is 24.2. The molecule has 35 heavy (non-hydrogen) atoms. The average Bonchev–Trinajstić information content (AvgIpc) is 3.49. The quantitative estimate of drug-likeness (QED) is 0.443. The Hall–Kier alpha value is -3.44. The highest BCUT2D eigenvalue weighted by Gasteiger charge is 2.47. The van der Waals surface area contributed by atoms with Gasteiger partial charge in [-0.3, -0.25) is 10.3 Å². The van der Waals surface area contributed by atoms with Crippen LogP contribution in [-0.4, -0.2) is 36.4 Å². The van der Waals surface area contributed by atoms with Gasteiger partial charge in [0.2, 0.25) is 0 Å². The van der Waals surface area contributed by atoms with Gasteiger partial charge in [0.1, 0.15) is 21.1 Å². The Morgan fingerprint density at radius 1 is 1.34 bits per heavy atom. The van der Waals surface area contributed by atoms with Gasteiger partial charge in [-0.15, -0.1) is 17.8 Å². The van der Waals surface area contributed by atoms with Crippen molar-refractivity contribution in [3.8, 4) is 29.5 Å². The molecule has 0 spiro atoms. The van der Waals surface area contributed by atoms with E-state index in [1.165, 1.54) is 11.3 Å². The number of terminal acetylenes is 1. The molecule has 11 heteroatoms. The molecule has 1 unspecified atom stereocenters. The highest BCUT2D eigenvalue weighted by molar-refractivity contribution is 7.90. The summed E-state index contributed by atoms with van der Waals surface area (Å²) in [6, 6.07) is 9.57. The summed E-state index contributed by atoms with van der Waals surface area (Å²) in [5.41, 5.74) is 2.00. The van der Waals surface area contributed by atoms with Gasteiger partial charge >= 0.3 is 6.03 Å². The Kier molecular flexibility index (Phi) is 6.82. The van der Waals surface area contributed by atoms with E-state index in [1.54, 1.807) is 35.8 Å². The second-order valence-electron chi connectivity index (χ2n) is 8.26. The van der Waals surface area contributed by atoms with Crippen LogP contribution in [0, 0.1) is 23.7 Å². The van der Waals surface area contributed by atoms with Gasteiger partial charge in [-0.05, 0) is 36.5 Å². The normalized spacial score (nSPS) is 14.9. The van der Waals surface area contributed by atoms with Crippen molar-refractivity contribution in [2.75, 3.05) is 17.3 Å². The molecule has 2 heterocycles. The summed E-state index contributed by atoms with van der Waals surface area (Å²) in [6.07, 6.45) is 9.52. The van der Waals surface area contributed by atoms with Crippen LogP contribution in [-0.2, 0) is 15.3 Å². The fourth-order valence-corrected chi connectivity index (χ4v) is 5.46. The van der Waals surface area contributed by atoms with Crippen LogP contribution in [0.2, 0.25) is 5.02 Å². The zero-order chi connectivity index (χ0) is 25.2. The van der Waals surface area contributed by atoms with E-state index in [-0.39, 0.29) is 11.6 Å². The lowest BCUT2D eigenvalue weighted by Crippen LogP contribution is -2.36. The van der Waals surface area contributed by atoms with Gasteiger partial charge in [0.15, 0.2) is 5.01 Å². The maximum Gasteiger partial charge on any atom is 0.320 e. The molecule has 8 nitrogen and oxygen atoms in total. The minimum atomic E-state index is -3.46. The number of sulfone groups is 1. The Morgan fingerprint density at radius 2 is 2.11 bits per heavy atom. The summed E-state index contributed by atoms with van der Waals surface area (Å²) in [5, 5.41) is 17.2. The fourth-order valence-electron chi connectivity index (χ4n) is 3.73. The van der Waals surface area contributed by atoms with E-state index in [0.29, 0.717) is 26.9 Å². The molecular weight excluding hydrogens is 506 g/mol. The molecule has 0 aliphatic heterocycles. The van der Waals surface area contributed by atoms with E-state index in [9.17, 15) is 18.5 Å². The van der Waals surface area contributed by atoms with Crippen LogP contribution in [0.3, 0.4) is 0 Å². The van der Waals surface area contributed by atoms with E-state index in [2.05, 4.69) is 32.6 Å². The van der Waals surface area contributed by atoms with Gasteiger partial charge in [-0.25, -0.2) is 18.2 Å². The van der Waals surface area contributed by atoms with E-state index >= 15 is 0 Å². The monoisotopic (exact) mass is 525 g/mol. The summed E-state index contributed by atoms with van der Waals surface area (Å²) >= 11 is 7.83. The van der Waals surface area contributed by atoms with Crippen LogP contribution < -0.4 is 10.6 Å². The number of carbonyl (C=O) groups excluding carboxylic acids is 1. The lowest BCUT2D eigenvalue weighted by Gasteiger charge is -2.20. The molecule has 3 aromatic rings. The number of rotatable bonds is 7. The van der Waals surface area contributed by atoms with Crippen molar-refractivity contribution in [3.63, 3.8) is 0 Å². The highest BCUT2D eigenvalue weighted by Crippen LogP contribution is 2.50. The smallest absolute Gasteiger partial charge is 0.320 e. The molecule has 1 aliphatic rings. The van der Waals surface area contributed by atoms with E-state index in [4.69, 9.17) is 18.0 Å². The first-order chi connectivity index (χ1) is 16.6. The number of benzene rings is 1. The average molecular weight is 526 g/mol. The highest BCUT2D eigenvalue weighted by atomic mass is 35.5. The fraction of sp³-hybridized carbons (Fsp3) is 0.250. The Morgan fingerprint density at radius 3 is 2.71 bits per heavy atom. The van der Waals surface area contributed by atoms with Crippen LogP contribution in [0.1, 0.15) is 35.1 Å². The molecule has 1 aliphatic carbocycles. The number of hydrogen-bond acceptors (Lipinski definition) is 7. The second-order valence-corrected chi connectivity index (χ2v) is 11.7. The molecule has 2 aromatic heterocycles. The maximum absolute atomic E-state index is 12.6. The number of nitriles is 1. The number of pyridine rings is 1. The van der Waals surface area contributed by atoms with Crippen molar-refractivity contribution >= 4 is 44.6 Å². The molecule has 1 saturated carbocycles.